The van der Waals surface area contributed by atoms with Gasteiger partial charge in [-0.05, 0) is 43.6 Å². The molecule has 0 bridgehead atoms. The molecule has 1 heterocycles. The number of rotatable bonds is 8. The largest absolute Gasteiger partial charge is 0.394 e. The first-order valence-corrected chi connectivity index (χ1v) is 13.0. The molecule has 0 saturated carbocycles. The quantitative estimate of drug-likeness (QED) is 0.479. The number of allylic oxidation sites excluding steroid dienone is 1. The van der Waals surface area contributed by atoms with E-state index < -0.39 is 35.4 Å². The maximum atomic E-state index is 14.1. The zero-order chi connectivity index (χ0) is 26.8. The Hall–Kier alpha value is -2.67. The lowest BCUT2D eigenvalue weighted by molar-refractivity contribution is -0.143. The van der Waals surface area contributed by atoms with Crippen LogP contribution in [0.25, 0.3) is 0 Å². The van der Waals surface area contributed by atoms with Crippen LogP contribution in [0.4, 0.5) is 0 Å². The Kier molecular flexibility index (Phi) is 8.33. The van der Waals surface area contributed by atoms with Crippen LogP contribution in [0.1, 0.15) is 66.0 Å². The maximum Gasteiger partial charge on any atom is 0.243 e. The van der Waals surface area contributed by atoms with E-state index in [1.165, 1.54) is 0 Å². The Labute approximate surface area is 215 Å². The van der Waals surface area contributed by atoms with Crippen molar-refractivity contribution in [1.82, 2.24) is 15.5 Å². The Balaban J connectivity index is 2.09. The molecule has 36 heavy (non-hydrogen) atoms. The number of benzene rings is 1. The van der Waals surface area contributed by atoms with Crippen LogP contribution in [0.2, 0.25) is 0 Å². The van der Waals surface area contributed by atoms with Crippen molar-refractivity contribution < 1.29 is 19.5 Å². The van der Waals surface area contributed by atoms with E-state index >= 15 is 0 Å². The van der Waals surface area contributed by atoms with Crippen LogP contribution in [0, 0.1) is 29.1 Å². The van der Waals surface area contributed by atoms with E-state index in [0.29, 0.717) is 6.42 Å². The van der Waals surface area contributed by atoms with E-state index in [9.17, 15) is 19.5 Å². The third-order valence-electron chi connectivity index (χ3n) is 7.46. The Morgan fingerprint density at radius 3 is 2.22 bits per heavy atom. The molecule has 1 aliphatic carbocycles. The molecular formula is C29H43N3O4. The summed E-state index contributed by atoms with van der Waals surface area (Å²) >= 11 is 0. The van der Waals surface area contributed by atoms with Crippen molar-refractivity contribution in [2.75, 3.05) is 13.7 Å². The number of nitrogens with zero attached hydrogens (tertiary/aromatic N) is 1. The fraction of sp³-hybridized carbons (Fsp3) is 0.621. The van der Waals surface area contributed by atoms with Crippen LogP contribution >= 0.6 is 0 Å². The van der Waals surface area contributed by atoms with E-state index in [2.05, 4.69) is 31.4 Å². The lowest BCUT2D eigenvalue weighted by atomic mass is 9.68. The van der Waals surface area contributed by atoms with Crippen molar-refractivity contribution in [1.29, 1.82) is 0 Å². The van der Waals surface area contributed by atoms with Gasteiger partial charge in [0.1, 0.15) is 6.04 Å². The summed E-state index contributed by atoms with van der Waals surface area (Å²) in [6, 6.07) is 7.77. The van der Waals surface area contributed by atoms with Crippen LogP contribution < -0.4 is 10.6 Å². The van der Waals surface area contributed by atoms with Gasteiger partial charge >= 0.3 is 0 Å². The minimum absolute atomic E-state index is 0.00836. The first kappa shape index (κ1) is 27.9. The number of amides is 3. The van der Waals surface area contributed by atoms with Crippen molar-refractivity contribution in [2.45, 2.75) is 72.0 Å². The summed E-state index contributed by atoms with van der Waals surface area (Å²) < 4.78 is 0. The van der Waals surface area contributed by atoms with Crippen molar-refractivity contribution in [2.24, 2.45) is 29.1 Å². The molecule has 0 spiro atoms. The summed E-state index contributed by atoms with van der Waals surface area (Å²) in [7, 11) is 1.58. The van der Waals surface area contributed by atoms with Crippen molar-refractivity contribution in [3.8, 4) is 0 Å². The SMILES string of the molecule is CC[C@@H]1C=C[C@H]2[C@H](C(=O)N([C@H](CO)c3ccccc3)[C@@H]2C(=O)NC(C)(C)CC(C)(C)C)[C@@H]1C(=O)NC. The first-order valence-electron chi connectivity index (χ1n) is 13.0. The molecular weight excluding hydrogens is 454 g/mol. The Bertz CT molecular complexity index is 982. The van der Waals surface area contributed by atoms with Crippen molar-refractivity contribution >= 4 is 17.7 Å². The second-order valence-electron chi connectivity index (χ2n) is 12.1. The fourth-order valence-electron chi connectivity index (χ4n) is 6.50. The number of hydrogen-bond acceptors (Lipinski definition) is 4. The first-order chi connectivity index (χ1) is 16.8. The van der Waals surface area contributed by atoms with E-state index in [1.54, 1.807) is 11.9 Å². The van der Waals surface area contributed by atoms with Crippen LogP contribution in [0.3, 0.4) is 0 Å². The molecule has 0 radical (unpaired) electrons. The molecule has 7 nitrogen and oxygen atoms in total. The number of likely N-dealkylation sites (tertiary alicyclic amines) is 1. The molecule has 1 aromatic rings. The summed E-state index contributed by atoms with van der Waals surface area (Å²) in [6.07, 6.45) is 5.41. The van der Waals surface area contributed by atoms with Gasteiger partial charge in [0.15, 0.2) is 0 Å². The molecule has 0 unspecified atom stereocenters. The van der Waals surface area contributed by atoms with Gasteiger partial charge in [0, 0.05) is 18.5 Å². The molecule has 1 aliphatic heterocycles. The van der Waals surface area contributed by atoms with Gasteiger partial charge in [-0.1, -0.05) is 70.2 Å². The lowest BCUT2D eigenvalue weighted by Crippen LogP contribution is -2.55. The van der Waals surface area contributed by atoms with Crippen LogP contribution in [-0.4, -0.2) is 53.0 Å². The number of carbonyl (C=O) groups is 3. The van der Waals surface area contributed by atoms with E-state index in [-0.39, 0.29) is 35.7 Å². The third kappa shape index (κ3) is 5.66. The molecule has 7 heteroatoms. The van der Waals surface area contributed by atoms with Gasteiger partial charge in [-0.25, -0.2) is 0 Å². The minimum Gasteiger partial charge on any atom is -0.394 e. The van der Waals surface area contributed by atoms with Gasteiger partial charge in [-0.3, -0.25) is 14.4 Å². The van der Waals surface area contributed by atoms with E-state index in [0.717, 1.165) is 12.0 Å². The predicted molar refractivity (Wildman–Crippen MR) is 141 cm³/mol. The minimum atomic E-state index is -0.833. The smallest absolute Gasteiger partial charge is 0.243 e. The normalized spacial score (nSPS) is 26.9. The molecule has 3 rings (SSSR count). The number of carbonyl (C=O) groups excluding carboxylic acids is 3. The van der Waals surface area contributed by atoms with Crippen LogP contribution in [0.5, 0.6) is 0 Å². The highest BCUT2D eigenvalue weighted by Gasteiger charge is 2.58. The van der Waals surface area contributed by atoms with Crippen molar-refractivity contribution in [3.05, 3.63) is 48.0 Å². The second-order valence-corrected chi connectivity index (χ2v) is 12.1. The average Bonchev–Trinajstić information content (AvgIpc) is 3.09. The van der Waals surface area contributed by atoms with E-state index in [4.69, 9.17) is 0 Å². The Morgan fingerprint density at radius 2 is 1.69 bits per heavy atom. The van der Waals surface area contributed by atoms with Gasteiger partial charge in [0.2, 0.25) is 17.7 Å². The maximum absolute atomic E-state index is 14.1. The number of fused-ring (bicyclic) bond motifs is 1. The van der Waals surface area contributed by atoms with Crippen LogP contribution in [0.15, 0.2) is 42.5 Å². The van der Waals surface area contributed by atoms with E-state index in [1.807, 2.05) is 63.3 Å². The van der Waals surface area contributed by atoms with Gasteiger partial charge in [-0.15, -0.1) is 0 Å². The fourth-order valence-corrected chi connectivity index (χ4v) is 6.50. The number of aliphatic hydroxyl groups is 1. The molecule has 198 valence electrons. The standard InChI is InChI=1S/C29H43N3O4/c1-8-18-14-15-20-23(22(18)25(34)30-7)27(36)32(21(16-33)19-12-10-9-11-13-19)24(20)26(35)31-29(5,6)17-28(2,3)4/h9-15,18,20-24,33H,8,16-17H2,1-7H3,(H,30,34)(H,31,35)/t18-,20+,21-,22-,23+,24+/m1/s1. The zero-order valence-electron chi connectivity index (χ0n) is 22.7. The summed E-state index contributed by atoms with van der Waals surface area (Å²) in [5.41, 5.74) is 0.242. The van der Waals surface area contributed by atoms with Crippen LogP contribution in [-0.2, 0) is 14.4 Å². The number of hydrogen-bond donors (Lipinski definition) is 3. The number of nitrogens with one attached hydrogen (secondary N) is 2. The van der Waals surface area contributed by atoms with Gasteiger partial charge in [-0.2, -0.15) is 0 Å². The molecule has 3 amide bonds. The predicted octanol–water partition coefficient (Wildman–Crippen LogP) is 3.45. The molecule has 1 aromatic carbocycles. The average molecular weight is 498 g/mol. The highest BCUT2D eigenvalue weighted by molar-refractivity contribution is 5.97. The highest BCUT2D eigenvalue weighted by atomic mass is 16.3. The molecule has 1 saturated heterocycles. The van der Waals surface area contributed by atoms with Gasteiger partial charge < -0.3 is 20.6 Å². The zero-order valence-corrected chi connectivity index (χ0v) is 22.7. The summed E-state index contributed by atoms with van der Waals surface area (Å²) in [5.74, 6) is -2.50. The lowest BCUT2D eigenvalue weighted by Gasteiger charge is -2.38. The molecule has 2 aliphatic rings. The summed E-state index contributed by atoms with van der Waals surface area (Å²) in [4.78, 5) is 42.7. The Morgan fingerprint density at radius 1 is 1.06 bits per heavy atom. The van der Waals surface area contributed by atoms with Gasteiger partial charge in [0.05, 0.1) is 24.5 Å². The summed E-state index contributed by atoms with van der Waals surface area (Å²) in [5, 5.41) is 16.4. The monoisotopic (exact) mass is 497 g/mol. The van der Waals surface area contributed by atoms with Crippen molar-refractivity contribution in [3.63, 3.8) is 0 Å². The molecule has 0 aromatic heterocycles. The topological polar surface area (TPSA) is 98.7 Å². The summed E-state index contributed by atoms with van der Waals surface area (Å²) in [6.45, 7) is 12.0. The third-order valence-corrected chi connectivity index (χ3v) is 7.46. The highest BCUT2D eigenvalue weighted by Crippen LogP contribution is 2.47. The van der Waals surface area contributed by atoms with Gasteiger partial charge in [0.25, 0.3) is 0 Å². The molecule has 1 fully saturated rings. The molecule has 3 N–H and O–H groups in total. The second kappa shape index (κ2) is 10.8. The molecule has 6 atom stereocenters. The number of aliphatic hydroxyl groups excluding tert-OH is 1.